The summed E-state index contributed by atoms with van der Waals surface area (Å²) in [5, 5.41) is 18.8. The van der Waals surface area contributed by atoms with Gasteiger partial charge in [0, 0.05) is 24.4 Å². The molecule has 0 bridgehead atoms. The van der Waals surface area contributed by atoms with E-state index in [0.717, 1.165) is 17.0 Å². The number of hydrogen-bond acceptors (Lipinski definition) is 5. The summed E-state index contributed by atoms with van der Waals surface area (Å²) in [6.07, 6.45) is 2.47. The van der Waals surface area contributed by atoms with Gasteiger partial charge in [0.05, 0.1) is 12.2 Å². The average molecular weight is 330 g/mol. The Bertz CT molecular complexity index is 706. The molecule has 0 aliphatic carbocycles. The van der Waals surface area contributed by atoms with E-state index >= 15 is 0 Å². The van der Waals surface area contributed by atoms with Crippen LogP contribution in [0, 0.1) is 0 Å². The van der Waals surface area contributed by atoms with E-state index in [0.29, 0.717) is 25.3 Å². The number of hydrogen-bond donors (Lipinski definition) is 1. The number of rotatable bonds is 3. The molecule has 2 fully saturated rings. The van der Waals surface area contributed by atoms with E-state index < -0.39 is 5.60 Å². The molecule has 1 atom stereocenters. The molecule has 0 saturated carbocycles. The van der Waals surface area contributed by atoms with Gasteiger partial charge in [0.1, 0.15) is 5.69 Å². The van der Waals surface area contributed by atoms with E-state index in [4.69, 9.17) is 0 Å². The standard InChI is InChI=1S/C16H18N4O2S/c21-15(16(22)6-7-23-11-16)19-8-13(9-19)20-10-14(17-18-20)12-4-2-1-3-5-12/h1-5,10,13,22H,6-9,11H2. The zero-order valence-electron chi connectivity index (χ0n) is 12.6. The van der Waals surface area contributed by atoms with Gasteiger partial charge in [0.25, 0.3) is 5.91 Å². The number of likely N-dealkylation sites (tertiary alicyclic amines) is 1. The van der Waals surface area contributed by atoms with Crippen molar-refractivity contribution in [2.24, 2.45) is 0 Å². The predicted octanol–water partition coefficient (Wildman–Crippen LogP) is 1.20. The quantitative estimate of drug-likeness (QED) is 0.915. The third-order valence-corrected chi connectivity index (χ3v) is 5.68. The number of nitrogens with zero attached hydrogens (tertiary/aromatic N) is 4. The highest BCUT2D eigenvalue weighted by atomic mass is 32.2. The van der Waals surface area contributed by atoms with Crippen molar-refractivity contribution in [1.29, 1.82) is 0 Å². The molecule has 1 aromatic carbocycles. The molecule has 4 rings (SSSR count). The molecule has 3 heterocycles. The third kappa shape index (κ3) is 2.64. The average Bonchev–Trinajstić information content (AvgIpc) is 3.17. The molecule has 2 aliphatic rings. The highest BCUT2D eigenvalue weighted by Gasteiger charge is 2.46. The predicted molar refractivity (Wildman–Crippen MR) is 88.0 cm³/mol. The van der Waals surface area contributed by atoms with Crippen LogP contribution in [0.4, 0.5) is 0 Å². The maximum atomic E-state index is 12.4. The van der Waals surface area contributed by atoms with Crippen molar-refractivity contribution in [2.75, 3.05) is 24.6 Å². The van der Waals surface area contributed by atoms with E-state index in [9.17, 15) is 9.90 Å². The van der Waals surface area contributed by atoms with Gasteiger partial charge in [0.15, 0.2) is 5.60 Å². The molecule has 6 nitrogen and oxygen atoms in total. The van der Waals surface area contributed by atoms with Crippen LogP contribution >= 0.6 is 11.8 Å². The first-order chi connectivity index (χ1) is 11.2. The second-order valence-corrected chi connectivity index (χ2v) is 7.25. The molecule has 23 heavy (non-hydrogen) atoms. The normalized spacial score (nSPS) is 24.7. The molecule has 1 aromatic heterocycles. The number of aliphatic hydroxyl groups is 1. The molecular weight excluding hydrogens is 312 g/mol. The van der Waals surface area contributed by atoms with Crippen LogP contribution in [0.15, 0.2) is 36.5 Å². The first-order valence-electron chi connectivity index (χ1n) is 7.72. The number of thioether (sulfide) groups is 1. The zero-order valence-corrected chi connectivity index (χ0v) is 13.4. The van der Waals surface area contributed by atoms with E-state index in [1.165, 1.54) is 0 Å². The Kier molecular flexibility index (Phi) is 3.61. The maximum absolute atomic E-state index is 12.4. The van der Waals surface area contributed by atoms with Gasteiger partial charge in [-0.25, -0.2) is 4.68 Å². The second kappa shape index (κ2) is 5.65. The Morgan fingerprint density at radius 2 is 2.09 bits per heavy atom. The van der Waals surface area contributed by atoms with Gasteiger partial charge in [0.2, 0.25) is 0 Å². The van der Waals surface area contributed by atoms with Crippen LogP contribution in [0.1, 0.15) is 12.5 Å². The Balaban J connectivity index is 1.41. The highest BCUT2D eigenvalue weighted by molar-refractivity contribution is 7.99. The molecule has 2 aliphatic heterocycles. The number of benzene rings is 1. The van der Waals surface area contributed by atoms with Crippen LogP contribution < -0.4 is 0 Å². The van der Waals surface area contributed by atoms with Crippen LogP contribution in [0.5, 0.6) is 0 Å². The molecule has 2 saturated heterocycles. The summed E-state index contributed by atoms with van der Waals surface area (Å²) >= 11 is 1.63. The lowest BCUT2D eigenvalue weighted by atomic mass is 9.98. The maximum Gasteiger partial charge on any atom is 0.255 e. The molecule has 1 N–H and O–H groups in total. The molecule has 0 radical (unpaired) electrons. The lowest BCUT2D eigenvalue weighted by Gasteiger charge is -2.42. The molecule has 7 heteroatoms. The van der Waals surface area contributed by atoms with Crippen molar-refractivity contribution in [3.05, 3.63) is 36.5 Å². The Morgan fingerprint density at radius 1 is 1.30 bits per heavy atom. The fraction of sp³-hybridized carbons (Fsp3) is 0.438. The fourth-order valence-electron chi connectivity index (χ4n) is 3.00. The van der Waals surface area contributed by atoms with Crippen molar-refractivity contribution in [3.8, 4) is 11.3 Å². The first-order valence-corrected chi connectivity index (χ1v) is 8.88. The van der Waals surface area contributed by atoms with E-state index in [1.807, 2.05) is 41.2 Å². The van der Waals surface area contributed by atoms with Gasteiger partial charge in [-0.1, -0.05) is 35.5 Å². The number of carbonyl (C=O) groups excluding carboxylic acids is 1. The number of amides is 1. The van der Waals surface area contributed by atoms with Crippen LogP contribution in [0.2, 0.25) is 0 Å². The SMILES string of the molecule is O=C(N1CC(n2cc(-c3ccccc3)nn2)C1)C1(O)CCSC1. The van der Waals surface area contributed by atoms with Crippen LogP contribution in [-0.2, 0) is 4.79 Å². The largest absolute Gasteiger partial charge is 0.379 e. The van der Waals surface area contributed by atoms with Crippen molar-refractivity contribution >= 4 is 17.7 Å². The Morgan fingerprint density at radius 3 is 2.78 bits per heavy atom. The zero-order chi connectivity index (χ0) is 15.9. The van der Waals surface area contributed by atoms with Gasteiger partial charge in [-0.2, -0.15) is 11.8 Å². The van der Waals surface area contributed by atoms with Gasteiger partial charge in [-0.15, -0.1) is 5.10 Å². The van der Waals surface area contributed by atoms with Crippen LogP contribution in [0.3, 0.4) is 0 Å². The smallest absolute Gasteiger partial charge is 0.255 e. The monoisotopic (exact) mass is 330 g/mol. The fourth-order valence-corrected chi connectivity index (χ4v) is 4.23. The lowest BCUT2D eigenvalue weighted by molar-refractivity contribution is -0.155. The molecule has 1 unspecified atom stereocenters. The summed E-state index contributed by atoms with van der Waals surface area (Å²) in [6, 6.07) is 10.0. The van der Waals surface area contributed by atoms with E-state index in [2.05, 4.69) is 10.3 Å². The molecule has 2 aromatic rings. The van der Waals surface area contributed by atoms with Crippen LogP contribution in [-0.4, -0.2) is 61.1 Å². The topological polar surface area (TPSA) is 71.2 Å². The summed E-state index contributed by atoms with van der Waals surface area (Å²) in [5.74, 6) is 1.22. The molecule has 120 valence electrons. The summed E-state index contributed by atoms with van der Waals surface area (Å²) < 4.78 is 1.82. The lowest BCUT2D eigenvalue weighted by Crippen LogP contribution is -2.58. The summed E-state index contributed by atoms with van der Waals surface area (Å²) in [6.45, 7) is 1.17. The summed E-state index contributed by atoms with van der Waals surface area (Å²) in [7, 11) is 0. The summed E-state index contributed by atoms with van der Waals surface area (Å²) in [4.78, 5) is 14.1. The minimum Gasteiger partial charge on any atom is -0.379 e. The van der Waals surface area contributed by atoms with Gasteiger partial charge < -0.3 is 10.0 Å². The molecule has 0 spiro atoms. The second-order valence-electron chi connectivity index (χ2n) is 6.15. The minimum absolute atomic E-state index is 0.137. The third-order valence-electron chi connectivity index (χ3n) is 4.50. The minimum atomic E-state index is -1.16. The Labute approximate surface area is 138 Å². The van der Waals surface area contributed by atoms with Crippen molar-refractivity contribution in [1.82, 2.24) is 19.9 Å². The van der Waals surface area contributed by atoms with E-state index in [1.54, 1.807) is 16.7 Å². The number of aromatic nitrogens is 3. The number of carbonyl (C=O) groups is 1. The van der Waals surface area contributed by atoms with Crippen molar-refractivity contribution in [2.45, 2.75) is 18.1 Å². The molecular formula is C16H18N4O2S. The summed E-state index contributed by atoms with van der Waals surface area (Å²) in [5.41, 5.74) is 0.706. The molecule has 1 amide bonds. The van der Waals surface area contributed by atoms with E-state index in [-0.39, 0.29) is 11.9 Å². The van der Waals surface area contributed by atoms with Crippen molar-refractivity contribution in [3.63, 3.8) is 0 Å². The van der Waals surface area contributed by atoms with Gasteiger partial charge >= 0.3 is 0 Å². The first kappa shape index (κ1) is 14.7. The van der Waals surface area contributed by atoms with Gasteiger partial charge in [-0.3, -0.25) is 4.79 Å². The van der Waals surface area contributed by atoms with Gasteiger partial charge in [-0.05, 0) is 12.2 Å². The van der Waals surface area contributed by atoms with Crippen LogP contribution in [0.25, 0.3) is 11.3 Å². The Hall–Kier alpha value is -1.86. The highest BCUT2D eigenvalue weighted by Crippen LogP contribution is 2.33. The van der Waals surface area contributed by atoms with Crippen molar-refractivity contribution < 1.29 is 9.90 Å².